The van der Waals surface area contributed by atoms with E-state index in [0.29, 0.717) is 18.7 Å². The molecule has 8 heteroatoms. The van der Waals surface area contributed by atoms with Crippen LogP contribution in [-0.2, 0) is 0 Å². The summed E-state index contributed by atoms with van der Waals surface area (Å²) in [5.41, 5.74) is 0.774. The first-order valence-corrected chi connectivity index (χ1v) is 11.0. The number of hydrogen-bond acceptors (Lipinski definition) is 5. The highest BCUT2D eigenvalue weighted by Crippen LogP contribution is 2.44. The van der Waals surface area contributed by atoms with E-state index in [4.69, 9.17) is 4.74 Å². The molecule has 33 heavy (non-hydrogen) atoms. The van der Waals surface area contributed by atoms with Gasteiger partial charge in [-0.1, -0.05) is 42.5 Å². The number of ether oxygens (including phenoxy) is 1. The molecule has 1 N–H and O–H groups in total. The minimum Gasteiger partial charge on any atom is -0.502 e. The molecule has 0 radical (unpaired) electrons. The molecule has 0 unspecified atom stereocenters. The lowest BCUT2D eigenvalue weighted by atomic mass is 9.96. The van der Waals surface area contributed by atoms with Gasteiger partial charge in [-0.3, -0.25) is 19.3 Å². The van der Waals surface area contributed by atoms with Crippen molar-refractivity contribution in [2.24, 2.45) is 11.8 Å². The van der Waals surface area contributed by atoms with Crippen LogP contribution in [-0.4, -0.2) is 40.4 Å². The van der Waals surface area contributed by atoms with Gasteiger partial charge in [-0.05, 0) is 29.9 Å². The predicted molar refractivity (Wildman–Crippen MR) is 118 cm³/mol. The maximum Gasteiger partial charge on any atom is 0.277 e. The van der Waals surface area contributed by atoms with E-state index in [1.165, 1.54) is 23.0 Å². The van der Waals surface area contributed by atoms with Crippen molar-refractivity contribution in [2.75, 3.05) is 24.8 Å². The topological polar surface area (TPSA) is 75.0 Å². The molecule has 3 atom stereocenters. The molecule has 0 saturated heterocycles. The molecule has 0 spiro atoms. The molecule has 3 heterocycles. The summed E-state index contributed by atoms with van der Waals surface area (Å²) in [6.07, 6.45) is 2.37. The molecule has 6 rings (SSSR count). The largest absolute Gasteiger partial charge is 0.502 e. The van der Waals surface area contributed by atoms with E-state index in [0.717, 1.165) is 12.0 Å². The van der Waals surface area contributed by atoms with Gasteiger partial charge in [-0.15, -0.1) is 0 Å². The fourth-order valence-electron chi connectivity index (χ4n) is 4.99. The fourth-order valence-corrected chi connectivity index (χ4v) is 4.99. The molecule has 2 aromatic carbocycles. The van der Waals surface area contributed by atoms with Crippen molar-refractivity contribution in [3.8, 4) is 11.5 Å². The Labute approximate surface area is 189 Å². The van der Waals surface area contributed by atoms with Gasteiger partial charge >= 0.3 is 0 Å². The second kappa shape index (κ2) is 7.37. The quantitative estimate of drug-likeness (QED) is 0.621. The lowest BCUT2D eigenvalue weighted by molar-refractivity contribution is 0.0667. The van der Waals surface area contributed by atoms with E-state index >= 15 is 4.39 Å². The molecule has 2 bridgehead atoms. The van der Waals surface area contributed by atoms with Crippen LogP contribution in [0.3, 0.4) is 0 Å². The van der Waals surface area contributed by atoms with Crippen molar-refractivity contribution in [1.29, 1.82) is 0 Å². The molecule has 1 fully saturated rings. The van der Waals surface area contributed by atoms with Crippen LogP contribution in [0.25, 0.3) is 0 Å². The van der Waals surface area contributed by atoms with Crippen molar-refractivity contribution < 1.29 is 19.0 Å². The zero-order valence-electron chi connectivity index (χ0n) is 17.7. The first-order valence-electron chi connectivity index (χ1n) is 11.0. The number of hydrogen-bond donors (Lipinski definition) is 1. The van der Waals surface area contributed by atoms with Gasteiger partial charge in [-0.2, -0.15) is 0 Å². The Balaban J connectivity index is 1.63. The number of aromatic hydroxyl groups is 1. The van der Waals surface area contributed by atoms with E-state index in [1.807, 2.05) is 41.4 Å². The Hall–Kier alpha value is -3.81. The first kappa shape index (κ1) is 19.8. The van der Waals surface area contributed by atoms with E-state index in [-0.39, 0.29) is 29.9 Å². The second-order valence-corrected chi connectivity index (χ2v) is 8.87. The third-order valence-electron chi connectivity index (χ3n) is 6.81. The summed E-state index contributed by atoms with van der Waals surface area (Å²) >= 11 is 0. The molecule has 1 saturated carbocycles. The highest BCUT2D eigenvalue weighted by Gasteiger charge is 2.44. The number of rotatable bonds is 1. The number of amides is 1. The Kier molecular flexibility index (Phi) is 4.43. The minimum absolute atomic E-state index is 0.0787. The average molecular weight is 447 g/mol. The van der Waals surface area contributed by atoms with Crippen LogP contribution in [0.1, 0.15) is 34.1 Å². The summed E-state index contributed by atoms with van der Waals surface area (Å²) in [4.78, 5) is 27.2. The highest BCUT2D eigenvalue weighted by atomic mass is 19.1. The Bertz CT molecular complexity index is 1310. The molecule has 168 valence electrons. The molecule has 1 aliphatic carbocycles. The van der Waals surface area contributed by atoms with Crippen molar-refractivity contribution >= 4 is 5.91 Å². The molecule has 2 aliphatic heterocycles. The van der Waals surface area contributed by atoms with Crippen molar-refractivity contribution in [1.82, 2.24) is 9.58 Å². The smallest absolute Gasteiger partial charge is 0.277 e. The number of fused-ring (bicyclic) bond motifs is 6. The van der Waals surface area contributed by atoms with Crippen molar-refractivity contribution in [3.63, 3.8) is 0 Å². The number of carbonyl (C=O) groups is 1. The Morgan fingerprint density at radius 2 is 1.82 bits per heavy atom. The average Bonchev–Trinajstić information content (AvgIpc) is 3.56. The number of aromatic nitrogens is 1. The fraction of sp³-hybridized carbons (Fsp3) is 0.280. The van der Waals surface area contributed by atoms with E-state index in [2.05, 4.69) is 0 Å². The predicted octanol–water partition coefficient (Wildman–Crippen LogP) is 2.86. The zero-order chi connectivity index (χ0) is 22.7. The van der Waals surface area contributed by atoms with Gasteiger partial charge in [0.2, 0.25) is 5.43 Å². The number of para-hydroxylation sites is 1. The van der Waals surface area contributed by atoms with Gasteiger partial charge in [0.25, 0.3) is 5.91 Å². The summed E-state index contributed by atoms with van der Waals surface area (Å²) in [6, 6.07) is 15.1. The van der Waals surface area contributed by atoms with Gasteiger partial charge in [0.05, 0.1) is 6.61 Å². The number of pyridine rings is 1. The molecule has 1 amide bonds. The first-order chi connectivity index (χ1) is 16.0. The van der Waals surface area contributed by atoms with Gasteiger partial charge < -0.3 is 14.7 Å². The van der Waals surface area contributed by atoms with Gasteiger partial charge in [0.15, 0.2) is 23.0 Å². The third kappa shape index (κ3) is 3.16. The molecule has 1 aromatic heterocycles. The van der Waals surface area contributed by atoms with Gasteiger partial charge in [0, 0.05) is 24.4 Å². The summed E-state index contributed by atoms with van der Waals surface area (Å²) in [5.74, 6) is -0.781. The van der Waals surface area contributed by atoms with Crippen LogP contribution in [0, 0.1) is 17.7 Å². The van der Waals surface area contributed by atoms with Crippen LogP contribution < -0.4 is 15.2 Å². The SMILES string of the molecule is O=C1c2c(O)c(=O)ccn2N2CN1C[C@H]1C[C@@H]1COc1c(F)cccc1[C@@H]2c1ccccc1. The summed E-state index contributed by atoms with van der Waals surface area (Å²) in [5, 5.41) is 12.5. The van der Waals surface area contributed by atoms with Gasteiger partial charge in [0.1, 0.15) is 12.7 Å². The highest BCUT2D eigenvalue weighted by molar-refractivity contribution is 5.96. The van der Waals surface area contributed by atoms with E-state index in [1.54, 1.807) is 11.0 Å². The lowest BCUT2D eigenvalue weighted by Gasteiger charge is -2.44. The third-order valence-corrected chi connectivity index (χ3v) is 6.81. The van der Waals surface area contributed by atoms with Crippen LogP contribution >= 0.6 is 0 Å². The van der Waals surface area contributed by atoms with E-state index in [9.17, 15) is 14.7 Å². The van der Waals surface area contributed by atoms with Crippen LogP contribution in [0.4, 0.5) is 4.39 Å². The zero-order valence-corrected chi connectivity index (χ0v) is 17.7. The molecular formula is C25H22FN3O4. The summed E-state index contributed by atoms with van der Waals surface area (Å²) in [7, 11) is 0. The number of benzene rings is 2. The Morgan fingerprint density at radius 3 is 2.64 bits per heavy atom. The summed E-state index contributed by atoms with van der Waals surface area (Å²) in [6.45, 7) is 1.07. The lowest BCUT2D eigenvalue weighted by Crippen LogP contribution is -2.55. The summed E-state index contributed by atoms with van der Waals surface area (Å²) < 4.78 is 22.6. The number of carbonyl (C=O) groups excluding carboxylic acids is 1. The van der Waals surface area contributed by atoms with Crippen LogP contribution in [0.2, 0.25) is 0 Å². The number of halogens is 1. The standard InChI is InChI=1S/C25H22FN3O4/c26-19-8-4-7-18-21(15-5-2-1-3-6-15)29-14-27(12-16-11-17(16)13-33-24(18)19)25(32)22-23(31)20(30)9-10-28(22)29/h1-10,16-17,21,31H,11-14H2/t16-,17-,21+/m1/s1. The maximum absolute atomic E-state index is 15.1. The van der Waals surface area contributed by atoms with Crippen molar-refractivity contribution in [2.45, 2.75) is 12.5 Å². The molecule has 7 nitrogen and oxygen atoms in total. The minimum atomic E-state index is -0.615. The second-order valence-electron chi connectivity index (χ2n) is 8.87. The molecule has 3 aliphatic rings. The van der Waals surface area contributed by atoms with E-state index < -0.39 is 28.9 Å². The van der Waals surface area contributed by atoms with Crippen LogP contribution in [0.15, 0.2) is 65.6 Å². The van der Waals surface area contributed by atoms with Crippen LogP contribution in [0.5, 0.6) is 11.5 Å². The molecule has 3 aromatic rings. The normalized spacial score (nSPS) is 23.5. The molecular weight excluding hydrogens is 425 g/mol. The maximum atomic E-state index is 15.1. The van der Waals surface area contributed by atoms with Crippen molar-refractivity contribution in [3.05, 3.63) is 93.7 Å². The van der Waals surface area contributed by atoms with Gasteiger partial charge in [-0.25, -0.2) is 4.39 Å². The number of nitrogens with zero attached hydrogens (tertiary/aromatic N) is 3. The Morgan fingerprint density at radius 1 is 1.00 bits per heavy atom. The monoisotopic (exact) mass is 447 g/mol.